The molecule has 0 atom stereocenters. The predicted molar refractivity (Wildman–Crippen MR) is 145 cm³/mol. The molecular formula is C30H35F3N4O2. The van der Waals surface area contributed by atoms with E-state index in [9.17, 15) is 8.78 Å². The van der Waals surface area contributed by atoms with Gasteiger partial charge in [-0.2, -0.15) is 0 Å². The maximum absolute atomic E-state index is 15.2. The Hall–Kier alpha value is -3.17. The molecule has 0 unspecified atom stereocenters. The molecule has 0 radical (unpaired) electrons. The third kappa shape index (κ3) is 6.04. The summed E-state index contributed by atoms with van der Waals surface area (Å²) in [6, 6.07) is 8.33. The number of fused-ring (bicyclic) bond motifs is 1. The number of halogens is 3. The summed E-state index contributed by atoms with van der Waals surface area (Å²) in [7, 11) is 1.70. The Kier molecular flexibility index (Phi) is 8.37. The number of ether oxygens (including phenoxy) is 2. The third-order valence-electron chi connectivity index (χ3n) is 7.67. The van der Waals surface area contributed by atoms with Gasteiger partial charge in [0.1, 0.15) is 23.9 Å². The number of nitrogens with zero attached hydrogens (tertiary/aromatic N) is 4. The lowest BCUT2D eigenvalue weighted by molar-refractivity contribution is 0.130. The van der Waals surface area contributed by atoms with Gasteiger partial charge in [-0.15, -0.1) is 0 Å². The number of hydrogen-bond donors (Lipinski definition) is 0. The first kappa shape index (κ1) is 27.4. The van der Waals surface area contributed by atoms with Crippen LogP contribution in [0.1, 0.15) is 49.6 Å². The molecule has 1 aromatic heterocycles. The highest BCUT2D eigenvalue weighted by atomic mass is 19.1. The number of aromatic nitrogens is 2. The molecule has 3 aromatic rings. The Morgan fingerprint density at radius 3 is 2.54 bits per heavy atom. The lowest BCUT2D eigenvalue weighted by atomic mass is 9.88. The van der Waals surface area contributed by atoms with Crippen molar-refractivity contribution >= 4 is 5.69 Å². The summed E-state index contributed by atoms with van der Waals surface area (Å²) in [5.74, 6) is -0.765. The summed E-state index contributed by atoms with van der Waals surface area (Å²) in [6.07, 6.45) is 3.13. The van der Waals surface area contributed by atoms with Crippen molar-refractivity contribution in [2.24, 2.45) is 0 Å². The maximum atomic E-state index is 15.2. The maximum Gasteiger partial charge on any atom is 0.178 e. The largest absolute Gasteiger partial charge is 0.486 e. The minimum atomic E-state index is -0.649. The molecule has 9 heteroatoms. The molecule has 2 aliphatic heterocycles. The first-order chi connectivity index (χ1) is 18.8. The van der Waals surface area contributed by atoms with Crippen LogP contribution in [0.5, 0.6) is 5.75 Å². The summed E-state index contributed by atoms with van der Waals surface area (Å²) in [5.41, 5.74) is 2.32. The molecule has 5 rings (SSSR count). The topological polar surface area (TPSA) is 50.7 Å². The van der Waals surface area contributed by atoms with E-state index in [2.05, 4.69) is 14.9 Å². The van der Waals surface area contributed by atoms with Crippen molar-refractivity contribution < 1.29 is 22.6 Å². The molecular weight excluding hydrogens is 505 g/mol. The van der Waals surface area contributed by atoms with Crippen LogP contribution in [0.4, 0.5) is 18.9 Å². The standard InChI is InChI=1S/C30H35F3N4O2/c1-19(2)37-11-13-39-30-25(32)16-22(17-27(30)37)29-26(33)18-34-28(35-29)15-20-4-5-23(24(31)14-20)21-6-8-36(9-7-21)10-12-38-3/h4-5,14,16-19,21H,6-13,15H2,1-3H3. The molecule has 1 saturated heterocycles. The molecule has 0 saturated carbocycles. The highest BCUT2D eigenvalue weighted by Gasteiger charge is 2.26. The van der Waals surface area contributed by atoms with Gasteiger partial charge in [0, 0.05) is 31.7 Å². The number of methoxy groups -OCH3 is 1. The molecule has 0 bridgehead atoms. The van der Waals surface area contributed by atoms with Gasteiger partial charge in [-0.1, -0.05) is 12.1 Å². The Balaban J connectivity index is 1.34. The van der Waals surface area contributed by atoms with Crippen molar-refractivity contribution in [3.8, 4) is 17.0 Å². The number of rotatable bonds is 8. The van der Waals surface area contributed by atoms with Gasteiger partial charge in [0.05, 0.1) is 25.0 Å². The normalized spacial score (nSPS) is 16.4. The van der Waals surface area contributed by atoms with E-state index in [0.29, 0.717) is 42.4 Å². The Morgan fingerprint density at radius 1 is 1.03 bits per heavy atom. The Labute approximate surface area is 227 Å². The molecule has 208 valence electrons. The van der Waals surface area contributed by atoms with Crippen LogP contribution in [0, 0.1) is 17.5 Å². The molecule has 0 spiro atoms. The van der Waals surface area contributed by atoms with Gasteiger partial charge >= 0.3 is 0 Å². The average molecular weight is 541 g/mol. The minimum Gasteiger partial charge on any atom is -0.486 e. The summed E-state index contributed by atoms with van der Waals surface area (Å²) >= 11 is 0. The van der Waals surface area contributed by atoms with Gasteiger partial charge in [0.15, 0.2) is 17.4 Å². The zero-order valence-electron chi connectivity index (χ0n) is 22.7. The highest BCUT2D eigenvalue weighted by molar-refractivity contribution is 5.72. The molecule has 1 fully saturated rings. The fraction of sp³-hybridized carbons (Fsp3) is 0.467. The van der Waals surface area contributed by atoms with Crippen LogP contribution in [0.3, 0.4) is 0 Å². The molecule has 2 aliphatic rings. The zero-order chi connectivity index (χ0) is 27.5. The van der Waals surface area contributed by atoms with Gasteiger partial charge in [-0.05, 0) is 75.0 Å². The lowest BCUT2D eigenvalue weighted by Gasteiger charge is -2.34. The zero-order valence-corrected chi connectivity index (χ0v) is 22.7. The van der Waals surface area contributed by atoms with Crippen LogP contribution >= 0.6 is 0 Å². The molecule has 0 amide bonds. The number of piperidine rings is 1. The second-order valence-electron chi connectivity index (χ2n) is 10.6. The molecule has 0 N–H and O–H groups in total. The summed E-state index contributed by atoms with van der Waals surface area (Å²) in [5, 5.41) is 0. The van der Waals surface area contributed by atoms with E-state index in [-0.39, 0.29) is 35.6 Å². The van der Waals surface area contributed by atoms with Crippen LogP contribution in [0.25, 0.3) is 11.3 Å². The molecule has 0 aliphatic carbocycles. The average Bonchev–Trinajstić information content (AvgIpc) is 2.93. The van der Waals surface area contributed by atoms with Crippen LogP contribution in [-0.4, -0.2) is 67.4 Å². The van der Waals surface area contributed by atoms with E-state index < -0.39 is 11.6 Å². The molecule has 2 aromatic carbocycles. The fourth-order valence-corrected chi connectivity index (χ4v) is 5.55. The number of likely N-dealkylation sites (tertiary alicyclic amines) is 1. The van der Waals surface area contributed by atoms with E-state index in [1.807, 2.05) is 30.9 Å². The smallest absolute Gasteiger partial charge is 0.178 e. The van der Waals surface area contributed by atoms with E-state index in [1.165, 1.54) is 12.1 Å². The Morgan fingerprint density at radius 2 is 1.82 bits per heavy atom. The van der Waals surface area contributed by atoms with Crippen LogP contribution in [-0.2, 0) is 11.2 Å². The third-order valence-corrected chi connectivity index (χ3v) is 7.67. The molecule has 39 heavy (non-hydrogen) atoms. The first-order valence-corrected chi connectivity index (χ1v) is 13.6. The van der Waals surface area contributed by atoms with Gasteiger partial charge < -0.3 is 19.3 Å². The van der Waals surface area contributed by atoms with Crippen LogP contribution < -0.4 is 9.64 Å². The van der Waals surface area contributed by atoms with E-state index in [0.717, 1.165) is 44.2 Å². The van der Waals surface area contributed by atoms with Crippen molar-refractivity contribution in [2.75, 3.05) is 51.4 Å². The van der Waals surface area contributed by atoms with E-state index in [1.54, 1.807) is 13.2 Å². The lowest BCUT2D eigenvalue weighted by Crippen LogP contribution is -2.38. The van der Waals surface area contributed by atoms with Crippen molar-refractivity contribution in [1.82, 2.24) is 14.9 Å². The first-order valence-electron chi connectivity index (χ1n) is 13.6. The minimum absolute atomic E-state index is 0.00769. The van der Waals surface area contributed by atoms with Gasteiger partial charge in [0.25, 0.3) is 0 Å². The van der Waals surface area contributed by atoms with Crippen molar-refractivity contribution in [3.05, 3.63) is 70.9 Å². The highest BCUT2D eigenvalue weighted by Crippen LogP contribution is 2.39. The number of anilines is 1. The van der Waals surface area contributed by atoms with Crippen molar-refractivity contribution in [1.29, 1.82) is 0 Å². The van der Waals surface area contributed by atoms with Crippen molar-refractivity contribution in [2.45, 2.75) is 45.1 Å². The number of benzene rings is 2. The van der Waals surface area contributed by atoms with E-state index in [4.69, 9.17) is 9.47 Å². The van der Waals surface area contributed by atoms with Crippen LogP contribution in [0.15, 0.2) is 36.5 Å². The van der Waals surface area contributed by atoms with Crippen LogP contribution in [0.2, 0.25) is 0 Å². The van der Waals surface area contributed by atoms with Crippen molar-refractivity contribution in [3.63, 3.8) is 0 Å². The summed E-state index contributed by atoms with van der Waals surface area (Å²) < 4.78 is 55.7. The Bertz CT molecular complexity index is 1310. The molecule has 3 heterocycles. The van der Waals surface area contributed by atoms with E-state index >= 15 is 4.39 Å². The van der Waals surface area contributed by atoms with Gasteiger partial charge in [-0.25, -0.2) is 23.1 Å². The van der Waals surface area contributed by atoms with Gasteiger partial charge in [0.2, 0.25) is 0 Å². The SMILES string of the molecule is COCCN1CCC(c2ccc(Cc3ncc(F)c(-c4cc(F)c5c(c4)N(C(C)C)CCO5)n3)cc2F)CC1. The monoisotopic (exact) mass is 540 g/mol. The summed E-state index contributed by atoms with van der Waals surface area (Å²) in [4.78, 5) is 12.9. The quantitative estimate of drug-likeness (QED) is 0.372. The second kappa shape index (κ2) is 11.9. The predicted octanol–water partition coefficient (Wildman–Crippen LogP) is 5.58. The summed E-state index contributed by atoms with van der Waals surface area (Å²) in [6.45, 7) is 8.46. The molecule has 6 nitrogen and oxygen atoms in total. The second-order valence-corrected chi connectivity index (χ2v) is 10.6. The van der Waals surface area contributed by atoms with Gasteiger partial charge in [-0.3, -0.25) is 0 Å². The fourth-order valence-electron chi connectivity index (χ4n) is 5.55. The number of hydrogen-bond acceptors (Lipinski definition) is 6.